The molecule has 0 atom stereocenters. The zero-order valence-electron chi connectivity index (χ0n) is 16.6. The van der Waals surface area contributed by atoms with E-state index in [0.717, 1.165) is 5.56 Å². The highest BCUT2D eigenvalue weighted by atomic mass is 19.1. The molecule has 2 aromatic carbocycles. The molecule has 7 heteroatoms. The van der Waals surface area contributed by atoms with Gasteiger partial charge < -0.3 is 19.7 Å². The lowest BCUT2D eigenvalue weighted by Gasteiger charge is -2.33. The van der Waals surface area contributed by atoms with Gasteiger partial charge in [-0.1, -0.05) is 18.2 Å². The van der Waals surface area contributed by atoms with Crippen LogP contribution in [0, 0.1) is 5.82 Å². The Labute approximate surface area is 169 Å². The van der Waals surface area contributed by atoms with Crippen molar-refractivity contribution in [2.45, 2.75) is 25.3 Å². The maximum Gasteiger partial charge on any atom is 0.261 e. The normalized spacial score (nSPS) is 14.4. The number of rotatable bonds is 6. The predicted octanol–water partition coefficient (Wildman–Crippen LogP) is 2.81. The van der Waals surface area contributed by atoms with Crippen LogP contribution in [0.25, 0.3) is 0 Å². The zero-order chi connectivity index (χ0) is 20.8. The van der Waals surface area contributed by atoms with Crippen molar-refractivity contribution in [1.29, 1.82) is 0 Å². The molecule has 1 aliphatic heterocycles. The van der Waals surface area contributed by atoms with Crippen molar-refractivity contribution < 1.29 is 23.5 Å². The van der Waals surface area contributed by atoms with Crippen LogP contribution in [-0.2, 0) is 11.2 Å². The minimum absolute atomic E-state index is 0.00608. The molecule has 0 unspecified atom stereocenters. The van der Waals surface area contributed by atoms with Gasteiger partial charge >= 0.3 is 0 Å². The second-order valence-corrected chi connectivity index (χ2v) is 6.97. The van der Waals surface area contributed by atoms with Crippen molar-refractivity contribution in [3.63, 3.8) is 0 Å². The third-order valence-corrected chi connectivity index (χ3v) is 5.07. The van der Waals surface area contributed by atoms with Crippen molar-refractivity contribution >= 4 is 11.8 Å². The first-order valence-electron chi connectivity index (χ1n) is 9.56. The molecule has 1 aliphatic rings. The van der Waals surface area contributed by atoms with Crippen LogP contribution in [0.4, 0.5) is 4.39 Å². The molecular weight excluding hydrogens is 375 g/mol. The summed E-state index contributed by atoms with van der Waals surface area (Å²) in [7, 11) is 3.04. The zero-order valence-corrected chi connectivity index (χ0v) is 16.6. The fourth-order valence-electron chi connectivity index (χ4n) is 3.51. The molecule has 1 heterocycles. The SMILES string of the molecule is COc1cccc(OC)c1C(=O)N1CCC(NC(=O)Cc2ccc(F)cc2)CC1. The lowest BCUT2D eigenvalue weighted by molar-refractivity contribution is -0.121. The Morgan fingerprint density at radius 3 is 2.17 bits per heavy atom. The van der Waals surface area contributed by atoms with Crippen LogP contribution in [0.3, 0.4) is 0 Å². The molecular formula is C22H25FN2O4. The quantitative estimate of drug-likeness (QED) is 0.810. The van der Waals surface area contributed by atoms with E-state index in [1.807, 2.05) is 0 Å². The van der Waals surface area contributed by atoms with E-state index >= 15 is 0 Å². The molecule has 1 saturated heterocycles. The van der Waals surface area contributed by atoms with Gasteiger partial charge in [0, 0.05) is 19.1 Å². The van der Waals surface area contributed by atoms with Crippen LogP contribution >= 0.6 is 0 Å². The standard InChI is InChI=1S/C22H25FN2O4/c1-28-18-4-3-5-19(29-2)21(18)22(27)25-12-10-17(11-13-25)24-20(26)14-15-6-8-16(23)9-7-15/h3-9,17H,10-14H2,1-2H3,(H,24,26). The Morgan fingerprint density at radius 2 is 1.62 bits per heavy atom. The molecule has 0 bridgehead atoms. The number of carbonyl (C=O) groups excluding carboxylic acids is 2. The summed E-state index contributed by atoms with van der Waals surface area (Å²) < 4.78 is 23.6. The minimum Gasteiger partial charge on any atom is -0.496 e. The van der Waals surface area contributed by atoms with Crippen LogP contribution in [0.15, 0.2) is 42.5 Å². The van der Waals surface area contributed by atoms with E-state index in [-0.39, 0.29) is 30.1 Å². The molecule has 0 saturated carbocycles. The number of nitrogens with zero attached hydrogens (tertiary/aromatic N) is 1. The number of amides is 2. The van der Waals surface area contributed by atoms with E-state index in [1.54, 1.807) is 35.2 Å². The number of hydrogen-bond donors (Lipinski definition) is 1. The molecule has 29 heavy (non-hydrogen) atoms. The Kier molecular flexibility index (Phi) is 6.69. The smallest absolute Gasteiger partial charge is 0.261 e. The molecule has 0 radical (unpaired) electrons. The van der Waals surface area contributed by atoms with Gasteiger partial charge in [-0.05, 0) is 42.7 Å². The van der Waals surface area contributed by atoms with Crippen molar-refractivity contribution in [2.75, 3.05) is 27.3 Å². The lowest BCUT2D eigenvalue weighted by Crippen LogP contribution is -2.47. The Morgan fingerprint density at radius 1 is 1.03 bits per heavy atom. The van der Waals surface area contributed by atoms with Crippen molar-refractivity contribution in [1.82, 2.24) is 10.2 Å². The number of benzene rings is 2. The molecule has 0 aliphatic carbocycles. The first-order valence-corrected chi connectivity index (χ1v) is 9.56. The van der Waals surface area contributed by atoms with Crippen LogP contribution in [-0.4, -0.2) is 50.1 Å². The number of carbonyl (C=O) groups is 2. The number of likely N-dealkylation sites (tertiary alicyclic amines) is 1. The van der Waals surface area contributed by atoms with Gasteiger partial charge in [-0.15, -0.1) is 0 Å². The fourth-order valence-corrected chi connectivity index (χ4v) is 3.51. The maximum absolute atomic E-state index is 13.0. The highest BCUT2D eigenvalue weighted by Crippen LogP contribution is 2.30. The first-order chi connectivity index (χ1) is 14.0. The Hall–Kier alpha value is -3.09. The average Bonchev–Trinajstić information content (AvgIpc) is 2.74. The van der Waals surface area contributed by atoms with E-state index in [9.17, 15) is 14.0 Å². The molecule has 154 valence electrons. The largest absolute Gasteiger partial charge is 0.496 e. The van der Waals surface area contributed by atoms with Crippen molar-refractivity contribution in [2.24, 2.45) is 0 Å². The van der Waals surface area contributed by atoms with Gasteiger partial charge in [0.2, 0.25) is 5.91 Å². The fraction of sp³-hybridized carbons (Fsp3) is 0.364. The molecule has 2 aromatic rings. The molecule has 2 amide bonds. The van der Waals surface area contributed by atoms with E-state index in [0.29, 0.717) is 43.0 Å². The summed E-state index contributed by atoms with van der Waals surface area (Å²) in [6, 6.07) is 11.2. The van der Waals surface area contributed by atoms with E-state index in [4.69, 9.17) is 9.47 Å². The van der Waals surface area contributed by atoms with E-state index in [2.05, 4.69) is 5.32 Å². The van der Waals surface area contributed by atoms with Gasteiger partial charge in [0.15, 0.2) is 0 Å². The average molecular weight is 400 g/mol. The van der Waals surface area contributed by atoms with Crippen LogP contribution in [0.5, 0.6) is 11.5 Å². The van der Waals surface area contributed by atoms with Crippen LogP contribution in [0.2, 0.25) is 0 Å². The highest BCUT2D eigenvalue weighted by molar-refractivity contribution is 5.99. The third-order valence-electron chi connectivity index (χ3n) is 5.07. The van der Waals surface area contributed by atoms with Gasteiger partial charge in [0.1, 0.15) is 22.9 Å². The number of methoxy groups -OCH3 is 2. The van der Waals surface area contributed by atoms with Crippen LogP contribution in [0.1, 0.15) is 28.8 Å². The topological polar surface area (TPSA) is 67.9 Å². The summed E-state index contributed by atoms with van der Waals surface area (Å²) >= 11 is 0. The Balaban J connectivity index is 1.56. The van der Waals surface area contributed by atoms with Crippen molar-refractivity contribution in [3.05, 3.63) is 59.4 Å². The molecule has 0 aromatic heterocycles. The maximum atomic E-state index is 13.0. The first kappa shape index (κ1) is 20.6. The number of halogens is 1. The third kappa shape index (κ3) is 5.04. The number of nitrogens with one attached hydrogen (secondary N) is 1. The molecule has 3 rings (SSSR count). The van der Waals surface area contributed by atoms with Gasteiger partial charge in [-0.2, -0.15) is 0 Å². The summed E-state index contributed by atoms with van der Waals surface area (Å²) in [4.78, 5) is 27.0. The molecule has 0 spiro atoms. The monoisotopic (exact) mass is 400 g/mol. The van der Waals surface area contributed by atoms with Gasteiger partial charge in [-0.3, -0.25) is 9.59 Å². The van der Waals surface area contributed by atoms with Gasteiger partial charge in [0.25, 0.3) is 5.91 Å². The predicted molar refractivity (Wildman–Crippen MR) is 107 cm³/mol. The Bertz CT molecular complexity index is 839. The molecule has 6 nitrogen and oxygen atoms in total. The van der Waals surface area contributed by atoms with Gasteiger partial charge in [0.05, 0.1) is 20.6 Å². The summed E-state index contributed by atoms with van der Waals surface area (Å²) in [6.45, 7) is 1.06. The van der Waals surface area contributed by atoms with Crippen LogP contribution < -0.4 is 14.8 Å². The molecule has 1 N–H and O–H groups in total. The molecule has 1 fully saturated rings. The summed E-state index contributed by atoms with van der Waals surface area (Å²) in [5.41, 5.74) is 1.18. The van der Waals surface area contributed by atoms with Crippen molar-refractivity contribution in [3.8, 4) is 11.5 Å². The second kappa shape index (κ2) is 9.41. The summed E-state index contributed by atoms with van der Waals surface area (Å²) in [6.07, 6.45) is 1.54. The summed E-state index contributed by atoms with van der Waals surface area (Å²) in [5.74, 6) is 0.384. The summed E-state index contributed by atoms with van der Waals surface area (Å²) in [5, 5.41) is 3.01. The van der Waals surface area contributed by atoms with E-state index < -0.39 is 0 Å². The number of ether oxygens (including phenoxy) is 2. The highest BCUT2D eigenvalue weighted by Gasteiger charge is 2.28. The van der Waals surface area contributed by atoms with E-state index in [1.165, 1.54) is 26.4 Å². The number of piperidine rings is 1. The lowest BCUT2D eigenvalue weighted by atomic mass is 10.0. The second-order valence-electron chi connectivity index (χ2n) is 6.97. The number of hydrogen-bond acceptors (Lipinski definition) is 4. The minimum atomic E-state index is -0.321. The van der Waals surface area contributed by atoms with Gasteiger partial charge in [-0.25, -0.2) is 4.39 Å².